The summed E-state index contributed by atoms with van der Waals surface area (Å²) in [7, 11) is 0. The van der Waals surface area contributed by atoms with Crippen LogP contribution in [0.1, 0.15) is 74.2 Å². The Kier molecular flexibility index (Phi) is 15.6. The zero-order chi connectivity index (χ0) is 24.7. The number of rotatable bonds is 1. The maximum atomic E-state index is 9.57. The van der Waals surface area contributed by atoms with Gasteiger partial charge in [-0.25, -0.2) is 0 Å². The largest absolute Gasteiger partial charge is 0.147 e. The summed E-state index contributed by atoms with van der Waals surface area (Å²) in [6.07, 6.45) is 0. The molecule has 0 fully saturated rings. The van der Waals surface area contributed by atoms with E-state index in [-0.39, 0.29) is 35.6 Å². The number of halogens is 2. The van der Waals surface area contributed by atoms with Gasteiger partial charge in [0.15, 0.2) is 0 Å². The smallest absolute Gasteiger partial charge is 0.147 e. The number of aryl methyl sites for hydroxylation is 3. The second-order valence-corrected chi connectivity index (χ2v) is 11.6. The maximum absolute atomic E-state index is 9.57. The zero-order valence-electron chi connectivity index (χ0n) is 21.8. The Balaban J connectivity index is 0. The number of benzene rings is 2. The van der Waals surface area contributed by atoms with Gasteiger partial charge in [-0.2, -0.15) is 0 Å². The maximum Gasteiger partial charge on any atom is -0.147 e. The van der Waals surface area contributed by atoms with Crippen molar-refractivity contribution in [3.8, 4) is 11.5 Å². The van der Waals surface area contributed by atoms with Gasteiger partial charge >= 0.3 is 64.4 Å². The second-order valence-electron chi connectivity index (χ2n) is 10.2. The van der Waals surface area contributed by atoms with E-state index < -0.39 is 0 Å². The standard InChI is InChI=1S/2C11H16O.C6H6S.2ClH.Ti/c2*1-8-5-6-10(12)9(7-8)11(2,3)4;1-5-3-6(2)7-4-5;;;/h2*5-7,12H,1-4H3;2-4H,1H3;2*1H;. The van der Waals surface area contributed by atoms with Gasteiger partial charge in [-0.05, 0) is 47.9 Å². The first kappa shape index (κ1) is 35.1. The van der Waals surface area contributed by atoms with E-state index in [0.717, 1.165) is 11.1 Å². The molecule has 0 atom stereocenters. The first-order chi connectivity index (χ1) is 14.6. The van der Waals surface area contributed by atoms with Crippen LogP contribution in [0.2, 0.25) is 0 Å². The van der Waals surface area contributed by atoms with Crippen LogP contribution in [0.5, 0.6) is 11.5 Å². The van der Waals surface area contributed by atoms with Gasteiger partial charge in [0.2, 0.25) is 0 Å². The molecule has 2 nitrogen and oxygen atoms in total. The molecule has 3 aromatic rings. The molecule has 2 N–H and O–H groups in total. The molecule has 6 heteroatoms. The van der Waals surface area contributed by atoms with Crippen molar-refractivity contribution < 1.29 is 30.2 Å². The summed E-state index contributed by atoms with van der Waals surface area (Å²) in [5, 5.41) is 21.3. The van der Waals surface area contributed by atoms with Crippen molar-refractivity contribution in [3.05, 3.63) is 80.5 Å². The Morgan fingerprint density at radius 3 is 1.26 bits per heavy atom. The van der Waals surface area contributed by atoms with E-state index in [4.69, 9.17) is 0 Å². The van der Waals surface area contributed by atoms with Crippen molar-refractivity contribution in [2.45, 2.75) is 73.1 Å². The van der Waals surface area contributed by atoms with E-state index in [9.17, 15) is 10.2 Å². The van der Waals surface area contributed by atoms with E-state index in [2.05, 4.69) is 84.2 Å². The van der Waals surface area contributed by atoms with Crippen LogP contribution < -0.4 is 0 Å². The summed E-state index contributed by atoms with van der Waals surface area (Å²) in [6, 6.07) is 13.6. The summed E-state index contributed by atoms with van der Waals surface area (Å²) >= 11 is 3.85. The van der Waals surface area contributed by atoms with E-state index >= 15 is 0 Å². The van der Waals surface area contributed by atoms with Gasteiger partial charge in [-0.1, -0.05) is 76.9 Å². The quantitative estimate of drug-likeness (QED) is 0.293. The van der Waals surface area contributed by atoms with Crippen molar-refractivity contribution in [2.75, 3.05) is 0 Å². The van der Waals surface area contributed by atoms with Crippen molar-refractivity contribution in [1.82, 2.24) is 0 Å². The first-order valence-corrected chi connectivity index (χ1v) is 12.6. The summed E-state index contributed by atoms with van der Waals surface area (Å²) in [5.74, 6) is 0.793. The molecular weight excluding hydrogens is 519 g/mol. The minimum absolute atomic E-state index is 0. The summed E-state index contributed by atoms with van der Waals surface area (Å²) in [4.78, 5) is 1.36. The minimum atomic E-state index is 0. The van der Waals surface area contributed by atoms with Crippen molar-refractivity contribution in [1.29, 1.82) is 0 Å². The molecular formula is C28H40Cl2O2STi. The Bertz CT molecular complexity index is 970. The number of phenolic OH excluding ortho intramolecular Hbond substituents is 2. The number of hydrogen-bond acceptors (Lipinski definition) is 3. The molecule has 0 aliphatic rings. The van der Waals surface area contributed by atoms with Gasteiger partial charge < -0.3 is 10.2 Å². The minimum Gasteiger partial charge on any atom is -0.147 e. The van der Waals surface area contributed by atoms with Crippen LogP contribution >= 0.6 is 36.2 Å². The van der Waals surface area contributed by atoms with E-state index in [1.165, 1.54) is 21.6 Å². The van der Waals surface area contributed by atoms with Gasteiger partial charge in [0.25, 0.3) is 0 Å². The third kappa shape index (κ3) is 12.0. The second kappa shape index (κ2) is 15.1. The van der Waals surface area contributed by atoms with Gasteiger partial charge in [-0.3, -0.25) is 0 Å². The summed E-state index contributed by atoms with van der Waals surface area (Å²) in [5.41, 5.74) is 5.83. The molecule has 1 aromatic heterocycles. The summed E-state index contributed by atoms with van der Waals surface area (Å²) < 4.78 is 2.12. The van der Waals surface area contributed by atoms with Gasteiger partial charge in [0.1, 0.15) is 11.5 Å². The predicted molar refractivity (Wildman–Crippen MR) is 152 cm³/mol. The SMILES string of the molecule is Cc1ccc(O)c(C(C)(C)C)c1.Cc1ccc(O)c(C(C)(C)C)c1.Cc1csc([CH]=[Ti])c1.Cl.Cl. The average molecular weight is 559 g/mol. The molecule has 0 unspecified atom stereocenters. The molecule has 188 valence electrons. The number of thiophene rings is 1. The topological polar surface area (TPSA) is 40.5 Å². The van der Waals surface area contributed by atoms with E-state index in [1.54, 1.807) is 23.5 Å². The Hall–Kier alpha value is -1.10. The molecule has 0 amide bonds. The monoisotopic (exact) mass is 558 g/mol. The van der Waals surface area contributed by atoms with Crippen LogP contribution in [0, 0.1) is 20.8 Å². The van der Waals surface area contributed by atoms with Crippen LogP contribution in [0.3, 0.4) is 0 Å². The molecule has 0 saturated carbocycles. The number of hydrogen-bond donors (Lipinski definition) is 2. The van der Waals surface area contributed by atoms with E-state index in [1.807, 2.05) is 38.1 Å². The Labute approximate surface area is 234 Å². The Morgan fingerprint density at radius 2 is 1.06 bits per heavy atom. The van der Waals surface area contributed by atoms with Gasteiger partial charge in [-0.15, -0.1) is 24.8 Å². The molecule has 0 bridgehead atoms. The van der Waals surface area contributed by atoms with Gasteiger partial charge in [0.05, 0.1) is 0 Å². The third-order valence-corrected chi connectivity index (χ3v) is 6.62. The molecule has 0 aliphatic carbocycles. The molecule has 0 spiro atoms. The van der Waals surface area contributed by atoms with Crippen LogP contribution in [-0.2, 0) is 30.8 Å². The molecule has 1 heterocycles. The van der Waals surface area contributed by atoms with Crippen molar-refractivity contribution in [3.63, 3.8) is 0 Å². The summed E-state index contributed by atoms with van der Waals surface area (Å²) in [6.45, 7) is 18.8. The molecule has 0 saturated heterocycles. The van der Waals surface area contributed by atoms with Gasteiger partial charge in [0, 0.05) is 0 Å². The zero-order valence-corrected chi connectivity index (χ0v) is 25.8. The molecule has 3 rings (SSSR count). The third-order valence-electron chi connectivity index (χ3n) is 4.81. The van der Waals surface area contributed by atoms with Crippen LogP contribution in [0.15, 0.2) is 47.8 Å². The van der Waals surface area contributed by atoms with Crippen molar-refractivity contribution in [2.24, 2.45) is 0 Å². The van der Waals surface area contributed by atoms with Crippen LogP contribution in [0.4, 0.5) is 0 Å². The van der Waals surface area contributed by atoms with Crippen molar-refractivity contribution >= 4 is 40.5 Å². The molecule has 34 heavy (non-hydrogen) atoms. The van der Waals surface area contributed by atoms with Crippen LogP contribution in [0.25, 0.3) is 0 Å². The average Bonchev–Trinajstić information content (AvgIpc) is 3.10. The first-order valence-electron chi connectivity index (χ1n) is 10.8. The fraction of sp³-hybridized carbons (Fsp3) is 0.393. The molecule has 2 aromatic carbocycles. The Morgan fingerprint density at radius 1 is 0.676 bits per heavy atom. The molecule has 0 radical (unpaired) electrons. The number of aromatic hydroxyl groups is 2. The normalized spacial score (nSPS) is 10.4. The number of phenols is 2. The fourth-order valence-corrected chi connectivity index (χ4v) is 4.19. The van der Waals surface area contributed by atoms with Crippen LogP contribution in [-0.4, -0.2) is 14.5 Å². The predicted octanol–water partition coefficient (Wildman–Crippen LogP) is 8.59. The fourth-order valence-electron chi connectivity index (χ4n) is 3.03. The molecule has 0 aliphatic heterocycles. The van der Waals surface area contributed by atoms with E-state index in [0.29, 0.717) is 11.5 Å².